The monoisotopic (exact) mass is 678 g/mol. The van der Waals surface area contributed by atoms with E-state index in [4.69, 9.17) is 16.3 Å². The highest BCUT2D eigenvalue weighted by Crippen LogP contribution is 2.36. The zero-order valence-corrected chi connectivity index (χ0v) is 32.3. The summed E-state index contributed by atoms with van der Waals surface area (Å²) >= 11 is 0. The number of hydrazine groups is 1. The SMILES string of the molecule is CC.CC(=O)NC(C)(C)c1ccc(-c2ncc(/C(NN)=C(\C)N)cc2C(C)C)c(C)c1F.CCC.C[C@H](c1ccccc1)C1CCOCC1. The molecule has 4 rings (SSSR count). The van der Waals surface area contributed by atoms with Gasteiger partial charge in [-0.2, -0.15) is 0 Å². The molecular formula is C41H64FN5O2. The Bertz CT molecular complexity index is 1460. The van der Waals surface area contributed by atoms with Crippen LogP contribution in [0.4, 0.5) is 4.39 Å². The maximum absolute atomic E-state index is 15.4. The van der Waals surface area contributed by atoms with E-state index in [-0.39, 0.29) is 17.6 Å². The number of allylic oxidation sites excluding steroid dienone is 1. The predicted octanol–water partition coefficient (Wildman–Crippen LogP) is 9.46. The molecule has 49 heavy (non-hydrogen) atoms. The minimum absolute atomic E-state index is 0.141. The molecule has 0 radical (unpaired) electrons. The van der Waals surface area contributed by atoms with Gasteiger partial charge in [0.25, 0.3) is 0 Å². The number of amides is 1. The fraction of sp³-hybridized carbons (Fsp3) is 0.512. The zero-order chi connectivity index (χ0) is 37.3. The number of ether oxygens (including phenoxy) is 1. The van der Waals surface area contributed by atoms with Crippen molar-refractivity contribution in [3.8, 4) is 11.3 Å². The second-order valence-corrected chi connectivity index (χ2v) is 13.3. The molecule has 0 unspecified atom stereocenters. The Balaban J connectivity index is 0.000000521. The van der Waals surface area contributed by atoms with E-state index in [0.717, 1.165) is 30.3 Å². The van der Waals surface area contributed by atoms with Gasteiger partial charge in [-0.1, -0.05) is 97.4 Å². The molecule has 0 saturated carbocycles. The highest BCUT2D eigenvalue weighted by Gasteiger charge is 2.28. The van der Waals surface area contributed by atoms with Crippen LogP contribution in [0.15, 0.2) is 60.4 Å². The Morgan fingerprint density at radius 2 is 1.61 bits per heavy atom. The largest absolute Gasteiger partial charge is 0.401 e. The van der Waals surface area contributed by atoms with Crippen LogP contribution in [0.2, 0.25) is 0 Å². The van der Waals surface area contributed by atoms with Crippen molar-refractivity contribution in [2.24, 2.45) is 17.5 Å². The number of halogens is 1. The molecule has 1 aromatic heterocycles. The number of nitrogens with two attached hydrogens (primary N) is 2. The van der Waals surface area contributed by atoms with Gasteiger partial charge in [0.05, 0.1) is 16.9 Å². The predicted molar refractivity (Wildman–Crippen MR) is 205 cm³/mol. The first-order chi connectivity index (χ1) is 23.2. The Labute approximate surface area is 296 Å². The van der Waals surface area contributed by atoms with E-state index in [2.05, 4.69) is 80.7 Å². The number of hydrogen-bond acceptors (Lipinski definition) is 6. The van der Waals surface area contributed by atoms with E-state index in [1.54, 1.807) is 40.0 Å². The summed E-state index contributed by atoms with van der Waals surface area (Å²) in [4.78, 5) is 16.2. The van der Waals surface area contributed by atoms with Gasteiger partial charge in [-0.3, -0.25) is 15.6 Å². The average molecular weight is 678 g/mol. The van der Waals surface area contributed by atoms with E-state index in [0.29, 0.717) is 39.7 Å². The third-order valence-electron chi connectivity index (χ3n) is 8.47. The minimum Gasteiger partial charge on any atom is -0.401 e. The van der Waals surface area contributed by atoms with Gasteiger partial charge in [0.2, 0.25) is 5.91 Å². The first-order valence-corrected chi connectivity index (χ1v) is 17.8. The Kier molecular flexibility index (Phi) is 18.9. The van der Waals surface area contributed by atoms with E-state index in [9.17, 15) is 4.79 Å². The van der Waals surface area contributed by atoms with Crippen molar-refractivity contribution in [2.45, 2.75) is 120 Å². The summed E-state index contributed by atoms with van der Waals surface area (Å²) in [6, 6.07) is 16.4. The standard InChI is InChI=1S/C23H32FN5O.C13H18O.C3H8.C2H6/c1-12(2)18-10-16(21(29-26)14(4)25)11-27-22(18)17-8-9-19(20(24)13(17)3)23(6,7)28-15(5)30;1-11(12-5-3-2-4-6-12)13-7-9-14-10-8-13;1-3-2;1-2/h8-12,29H,25-26H2,1-7H3,(H,28,30);2-6,11,13H,7-10H2,1H3;3H2,1-2H3;1-2H3/b21-14-;;;/t;11-;;/m.1../s1. The maximum Gasteiger partial charge on any atom is 0.217 e. The topological polar surface area (TPSA) is 115 Å². The fourth-order valence-corrected chi connectivity index (χ4v) is 5.88. The molecule has 1 amide bonds. The molecule has 1 aliphatic rings. The maximum atomic E-state index is 15.4. The molecule has 0 aliphatic carbocycles. The van der Waals surface area contributed by atoms with Crippen LogP contribution >= 0.6 is 0 Å². The second-order valence-electron chi connectivity index (χ2n) is 13.3. The number of nitrogens with zero attached hydrogens (tertiary/aromatic N) is 1. The van der Waals surface area contributed by atoms with Crippen LogP contribution in [0.3, 0.4) is 0 Å². The van der Waals surface area contributed by atoms with Gasteiger partial charge in [-0.25, -0.2) is 4.39 Å². The summed E-state index contributed by atoms with van der Waals surface area (Å²) in [7, 11) is 0. The summed E-state index contributed by atoms with van der Waals surface area (Å²) in [5, 5.41) is 2.80. The summed E-state index contributed by atoms with van der Waals surface area (Å²) < 4.78 is 20.8. The van der Waals surface area contributed by atoms with Gasteiger partial charge in [-0.05, 0) is 81.0 Å². The van der Waals surface area contributed by atoms with Crippen molar-refractivity contribution in [1.82, 2.24) is 15.7 Å². The van der Waals surface area contributed by atoms with Crippen molar-refractivity contribution in [3.63, 3.8) is 0 Å². The summed E-state index contributed by atoms with van der Waals surface area (Å²) in [6.07, 6.45) is 5.37. The Morgan fingerprint density at radius 3 is 2.10 bits per heavy atom. The normalized spacial score (nSPS) is 14.1. The van der Waals surface area contributed by atoms with Crippen molar-refractivity contribution in [1.29, 1.82) is 0 Å². The lowest BCUT2D eigenvalue weighted by Gasteiger charge is -2.28. The molecular weight excluding hydrogens is 613 g/mol. The van der Waals surface area contributed by atoms with E-state index in [1.165, 1.54) is 31.7 Å². The molecule has 7 nitrogen and oxygen atoms in total. The molecule has 1 atom stereocenters. The number of carbonyl (C=O) groups is 1. The molecule has 2 aromatic carbocycles. The molecule has 0 bridgehead atoms. The van der Waals surface area contributed by atoms with Crippen LogP contribution in [-0.2, 0) is 15.1 Å². The zero-order valence-electron chi connectivity index (χ0n) is 32.3. The number of benzene rings is 2. The van der Waals surface area contributed by atoms with Gasteiger partial charge in [-0.15, -0.1) is 0 Å². The number of rotatable bonds is 8. The summed E-state index contributed by atoms with van der Waals surface area (Å²) in [6.45, 7) is 25.1. The second kappa shape index (κ2) is 21.4. The molecule has 2 heterocycles. The fourth-order valence-electron chi connectivity index (χ4n) is 5.88. The number of aromatic nitrogens is 1. The highest BCUT2D eigenvalue weighted by molar-refractivity contribution is 5.75. The molecule has 0 spiro atoms. The number of carbonyl (C=O) groups excluding carboxylic acids is 1. The third kappa shape index (κ3) is 12.6. The number of pyridine rings is 1. The number of hydrogen-bond donors (Lipinski definition) is 4. The van der Waals surface area contributed by atoms with Gasteiger partial charge < -0.3 is 21.2 Å². The lowest BCUT2D eigenvalue weighted by atomic mass is 9.83. The molecule has 1 aliphatic heterocycles. The van der Waals surface area contributed by atoms with Crippen molar-refractivity contribution in [2.75, 3.05) is 13.2 Å². The van der Waals surface area contributed by atoms with Gasteiger partial charge in [0.1, 0.15) is 5.82 Å². The lowest BCUT2D eigenvalue weighted by Crippen LogP contribution is -2.40. The van der Waals surface area contributed by atoms with E-state index < -0.39 is 5.54 Å². The first kappa shape index (κ1) is 43.3. The summed E-state index contributed by atoms with van der Waals surface area (Å²) in [5.74, 6) is 6.69. The molecule has 3 aromatic rings. The molecule has 272 valence electrons. The third-order valence-corrected chi connectivity index (χ3v) is 8.47. The molecule has 6 N–H and O–H groups in total. The van der Waals surface area contributed by atoms with Crippen LogP contribution in [0.25, 0.3) is 17.0 Å². The van der Waals surface area contributed by atoms with Crippen LogP contribution in [-0.4, -0.2) is 24.1 Å². The average Bonchev–Trinajstić information content (AvgIpc) is 3.07. The molecule has 1 saturated heterocycles. The quantitative estimate of drug-likeness (QED) is 0.139. The Morgan fingerprint density at radius 1 is 1.04 bits per heavy atom. The summed E-state index contributed by atoms with van der Waals surface area (Å²) in [5.41, 5.74) is 14.4. The van der Waals surface area contributed by atoms with Gasteiger partial charge >= 0.3 is 0 Å². The first-order valence-electron chi connectivity index (χ1n) is 17.8. The smallest absolute Gasteiger partial charge is 0.217 e. The van der Waals surface area contributed by atoms with E-state index >= 15 is 4.39 Å². The van der Waals surface area contributed by atoms with Crippen molar-refractivity contribution in [3.05, 3.63) is 94.1 Å². The van der Waals surface area contributed by atoms with Crippen LogP contribution in [0.5, 0.6) is 0 Å². The Hall–Kier alpha value is -3.75. The van der Waals surface area contributed by atoms with Crippen LogP contribution in [0, 0.1) is 18.7 Å². The van der Waals surface area contributed by atoms with E-state index in [1.807, 2.05) is 26.0 Å². The lowest BCUT2D eigenvalue weighted by molar-refractivity contribution is -0.120. The highest BCUT2D eigenvalue weighted by atomic mass is 19.1. The number of nitrogens with one attached hydrogen (secondary N) is 2. The van der Waals surface area contributed by atoms with Crippen LogP contribution < -0.4 is 22.3 Å². The van der Waals surface area contributed by atoms with Gasteiger partial charge in [0, 0.05) is 48.7 Å². The van der Waals surface area contributed by atoms with Gasteiger partial charge in [0.15, 0.2) is 0 Å². The van der Waals surface area contributed by atoms with Crippen molar-refractivity contribution >= 4 is 11.6 Å². The minimum atomic E-state index is -0.831. The molecule has 8 heteroatoms. The van der Waals surface area contributed by atoms with Crippen LogP contribution in [0.1, 0.15) is 135 Å². The van der Waals surface area contributed by atoms with Crippen molar-refractivity contribution < 1.29 is 13.9 Å². The molecule has 1 fully saturated rings.